The van der Waals surface area contributed by atoms with Crippen LogP contribution in [0.25, 0.3) is 0 Å². The average molecular weight is 214 g/mol. The molecule has 1 amide bonds. The van der Waals surface area contributed by atoms with Gasteiger partial charge in [0.05, 0.1) is 5.92 Å². The lowest BCUT2D eigenvalue weighted by atomic mass is 9.98. The minimum Gasteiger partial charge on any atom is -0.481 e. The predicted octanol–water partition coefficient (Wildman–Crippen LogP) is 0.0469. The van der Waals surface area contributed by atoms with E-state index in [1.165, 1.54) is 0 Å². The number of nitrogens with zero attached hydrogens (tertiary/aromatic N) is 1. The van der Waals surface area contributed by atoms with E-state index < -0.39 is 11.9 Å². The molecule has 3 N–H and O–H groups in total. The highest BCUT2D eigenvalue weighted by Crippen LogP contribution is 2.17. The number of hydrogen-bond acceptors (Lipinski definition) is 3. The largest absolute Gasteiger partial charge is 0.481 e. The van der Waals surface area contributed by atoms with Crippen molar-refractivity contribution in [2.45, 2.75) is 32.2 Å². The Kier molecular flexibility index (Phi) is 4.08. The lowest BCUT2D eigenvalue weighted by Crippen LogP contribution is -2.43. The quantitative estimate of drug-likeness (QED) is 0.695. The van der Waals surface area contributed by atoms with Crippen LogP contribution < -0.4 is 5.73 Å². The normalized spacial score (nSPS) is 23.6. The van der Waals surface area contributed by atoms with Crippen molar-refractivity contribution >= 4 is 11.9 Å². The van der Waals surface area contributed by atoms with E-state index >= 15 is 0 Å². The molecule has 0 aromatic rings. The standard InChI is InChI=1S/C10H18N2O3/c1-7(11)5-9(13)12-4-2-3-8(6-12)10(14)15/h7-8H,2-6,11H2,1H3,(H,14,15)/t7?,8-/m0/s1. The van der Waals surface area contributed by atoms with Gasteiger partial charge in [-0.1, -0.05) is 0 Å². The number of likely N-dealkylation sites (tertiary alicyclic amines) is 1. The number of rotatable bonds is 3. The first kappa shape index (κ1) is 12.0. The zero-order valence-corrected chi connectivity index (χ0v) is 8.98. The van der Waals surface area contributed by atoms with Crippen molar-refractivity contribution in [2.24, 2.45) is 11.7 Å². The smallest absolute Gasteiger partial charge is 0.308 e. The lowest BCUT2D eigenvalue weighted by Gasteiger charge is -2.31. The molecule has 1 aliphatic rings. The van der Waals surface area contributed by atoms with Gasteiger partial charge in [0.1, 0.15) is 0 Å². The minimum atomic E-state index is -0.812. The van der Waals surface area contributed by atoms with Crippen LogP contribution in [0.5, 0.6) is 0 Å². The van der Waals surface area contributed by atoms with Crippen molar-refractivity contribution in [1.29, 1.82) is 0 Å². The van der Waals surface area contributed by atoms with Crippen molar-refractivity contribution in [3.05, 3.63) is 0 Å². The van der Waals surface area contributed by atoms with Crippen LogP contribution in [0.4, 0.5) is 0 Å². The maximum atomic E-state index is 11.6. The van der Waals surface area contributed by atoms with E-state index in [0.29, 0.717) is 25.9 Å². The fraction of sp³-hybridized carbons (Fsp3) is 0.800. The summed E-state index contributed by atoms with van der Waals surface area (Å²) in [7, 11) is 0. The second-order valence-electron chi connectivity index (χ2n) is 4.20. The fourth-order valence-corrected chi connectivity index (χ4v) is 1.81. The molecule has 1 heterocycles. The first-order valence-corrected chi connectivity index (χ1v) is 5.27. The maximum Gasteiger partial charge on any atom is 0.308 e. The number of amides is 1. The molecular formula is C10H18N2O3. The summed E-state index contributed by atoms with van der Waals surface area (Å²) >= 11 is 0. The molecule has 0 radical (unpaired) electrons. The third-order valence-electron chi connectivity index (χ3n) is 2.62. The van der Waals surface area contributed by atoms with Crippen LogP contribution in [-0.2, 0) is 9.59 Å². The van der Waals surface area contributed by atoms with Crippen LogP contribution in [0.15, 0.2) is 0 Å². The number of carbonyl (C=O) groups excluding carboxylic acids is 1. The summed E-state index contributed by atoms with van der Waals surface area (Å²) in [6, 6.07) is -0.164. The molecule has 0 bridgehead atoms. The van der Waals surface area contributed by atoms with Crippen molar-refractivity contribution in [3.63, 3.8) is 0 Å². The van der Waals surface area contributed by atoms with Crippen molar-refractivity contribution in [1.82, 2.24) is 4.90 Å². The number of carbonyl (C=O) groups is 2. The molecule has 5 nitrogen and oxygen atoms in total. The van der Waals surface area contributed by atoms with Gasteiger partial charge in [-0.2, -0.15) is 0 Å². The number of carboxylic acid groups (broad SMARTS) is 1. The zero-order chi connectivity index (χ0) is 11.4. The third kappa shape index (κ3) is 3.51. The Morgan fingerprint density at radius 1 is 1.60 bits per heavy atom. The van der Waals surface area contributed by atoms with Gasteiger partial charge in [-0.25, -0.2) is 0 Å². The molecule has 1 unspecified atom stereocenters. The second kappa shape index (κ2) is 5.11. The lowest BCUT2D eigenvalue weighted by molar-refractivity contribution is -0.145. The number of aliphatic carboxylic acids is 1. The van der Waals surface area contributed by atoms with Gasteiger partial charge in [0.2, 0.25) is 5.91 Å². The maximum absolute atomic E-state index is 11.6. The Morgan fingerprint density at radius 3 is 2.80 bits per heavy atom. The van der Waals surface area contributed by atoms with E-state index in [2.05, 4.69) is 0 Å². The van der Waals surface area contributed by atoms with Crippen molar-refractivity contribution in [2.75, 3.05) is 13.1 Å². The van der Waals surface area contributed by atoms with Crippen LogP contribution in [0.1, 0.15) is 26.2 Å². The zero-order valence-electron chi connectivity index (χ0n) is 8.98. The molecule has 1 aliphatic heterocycles. The number of carboxylic acids is 1. The van der Waals surface area contributed by atoms with E-state index in [4.69, 9.17) is 10.8 Å². The number of hydrogen-bond donors (Lipinski definition) is 2. The molecule has 2 atom stereocenters. The van der Waals surface area contributed by atoms with Crippen molar-refractivity contribution in [3.8, 4) is 0 Å². The van der Waals surface area contributed by atoms with E-state index in [9.17, 15) is 9.59 Å². The highest BCUT2D eigenvalue weighted by Gasteiger charge is 2.28. The van der Waals surface area contributed by atoms with Gasteiger partial charge in [0.25, 0.3) is 0 Å². The molecule has 5 heteroatoms. The van der Waals surface area contributed by atoms with Gasteiger partial charge >= 0.3 is 5.97 Å². The van der Waals surface area contributed by atoms with E-state index in [1.54, 1.807) is 11.8 Å². The van der Waals surface area contributed by atoms with E-state index in [1.807, 2.05) is 0 Å². The van der Waals surface area contributed by atoms with E-state index in [-0.39, 0.29) is 11.9 Å². The monoisotopic (exact) mass is 214 g/mol. The van der Waals surface area contributed by atoms with Gasteiger partial charge in [0.15, 0.2) is 0 Å². The Bertz CT molecular complexity index is 253. The molecule has 1 saturated heterocycles. The summed E-state index contributed by atoms with van der Waals surface area (Å²) in [5, 5.41) is 8.86. The molecule has 0 saturated carbocycles. The number of piperidine rings is 1. The fourth-order valence-electron chi connectivity index (χ4n) is 1.81. The van der Waals surface area contributed by atoms with Gasteiger partial charge in [-0.05, 0) is 19.8 Å². The van der Waals surface area contributed by atoms with Crippen LogP contribution in [0.3, 0.4) is 0 Å². The molecule has 0 aromatic carbocycles. The van der Waals surface area contributed by atoms with Gasteiger partial charge in [-0.15, -0.1) is 0 Å². The van der Waals surface area contributed by atoms with Crippen LogP contribution in [-0.4, -0.2) is 41.0 Å². The van der Waals surface area contributed by atoms with Gasteiger partial charge < -0.3 is 15.7 Å². The summed E-state index contributed by atoms with van der Waals surface area (Å²) in [6.45, 7) is 2.77. The van der Waals surface area contributed by atoms with Gasteiger partial charge in [-0.3, -0.25) is 9.59 Å². The average Bonchev–Trinajstić information content (AvgIpc) is 2.17. The summed E-state index contributed by atoms with van der Waals surface area (Å²) in [5.41, 5.74) is 5.53. The van der Waals surface area contributed by atoms with Crippen molar-refractivity contribution < 1.29 is 14.7 Å². The number of nitrogens with two attached hydrogens (primary N) is 1. The molecule has 0 aromatic heterocycles. The highest BCUT2D eigenvalue weighted by atomic mass is 16.4. The Morgan fingerprint density at radius 2 is 2.27 bits per heavy atom. The molecule has 1 fully saturated rings. The Balaban J connectivity index is 2.48. The van der Waals surface area contributed by atoms with E-state index in [0.717, 1.165) is 6.42 Å². The molecule has 0 spiro atoms. The molecule has 0 aliphatic carbocycles. The Hall–Kier alpha value is -1.10. The Labute approximate surface area is 89.2 Å². The SMILES string of the molecule is CC(N)CC(=O)N1CCC[C@H](C(=O)O)C1. The summed E-state index contributed by atoms with van der Waals surface area (Å²) < 4.78 is 0. The van der Waals surface area contributed by atoms with Gasteiger partial charge in [0, 0.05) is 25.6 Å². The highest BCUT2D eigenvalue weighted by molar-refractivity contribution is 5.78. The molecular weight excluding hydrogens is 196 g/mol. The summed E-state index contributed by atoms with van der Waals surface area (Å²) in [4.78, 5) is 24.0. The molecule has 15 heavy (non-hydrogen) atoms. The second-order valence-corrected chi connectivity index (χ2v) is 4.20. The molecule has 86 valence electrons. The summed E-state index contributed by atoms with van der Waals surface area (Å²) in [6.07, 6.45) is 1.73. The third-order valence-corrected chi connectivity index (χ3v) is 2.62. The summed E-state index contributed by atoms with van der Waals surface area (Å²) in [5.74, 6) is -1.25. The predicted molar refractivity (Wildman–Crippen MR) is 55.2 cm³/mol. The topological polar surface area (TPSA) is 83.6 Å². The first-order chi connectivity index (χ1) is 7.00. The van der Waals surface area contributed by atoms with Crippen LogP contribution in [0, 0.1) is 5.92 Å². The van der Waals surface area contributed by atoms with Crippen LogP contribution in [0.2, 0.25) is 0 Å². The first-order valence-electron chi connectivity index (χ1n) is 5.27. The minimum absolute atomic E-state index is 0.0315. The molecule has 1 rings (SSSR count). The van der Waals surface area contributed by atoms with Crippen LogP contribution >= 0.6 is 0 Å².